The Hall–Kier alpha value is -4.01. The lowest BCUT2D eigenvalue weighted by Gasteiger charge is -2.22. The van der Waals surface area contributed by atoms with Crippen molar-refractivity contribution >= 4 is 67.9 Å². The monoisotopic (exact) mass is 756 g/mol. The number of ether oxygens (including phenoxy) is 1. The van der Waals surface area contributed by atoms with E-state index in [1.807, 2.05) is 50.3 Å². The Morgan fingerprint density at radius 2 is 1.83 bits per heavy atom. The Labute approximate surface area is 294 Å². The minimum atomic E-state index is -4.75. The molecule has 1 N–H and O–H groups in total. The molecule has 250 valence electrons. The first kappa shape index (κ1) is 35.3. The first-order valence-corrected chi connectivity index (χ1v) is 17.1. The number of rotatable bonds is 9. The molecule has 0 radical (unpaired) electrons. The Balaban J connectivity index is 1.19. The highest BCUT2D eigenvalue weighted by Gasteiger charge is 2.32. The van der Waals surface area contributed by atoms with Gasteiger partial charge in [0.1, 0.15) is 12.1 Å². The van der Waals surface area contributed by atoms with E-state index in [1.54, 1.807) is 4.90 Å². The molecule has 0 bridgehead atoms. The number of alkyl halides is 3. The van der Waals surface area contributed by atoms with E-state index in [4.69, 9.17) is 12.2 Å². The summed E-state index contributed by atoms with van der Waals surface area (Å²) in [5, 5.41) is 8.60. The second-order valence-corrected chi connectivity index (χ2v) is 13.8. The molecule has 2 heterocycles. The maximum atomic E-state index is 12.9. The number of aliphatic imine (C=N–C) groups is 1. The molecule has 3 aromatic carbocycles. The SMILES string of the molecule is Cc1ccc(C(C)C)c(N2C(=O)CS/C2=N\C(=S)NC(C)C/C(Br)=C\c2ccc(-c3ncn(-c4ccc(OC(F)(F)F)cc4)n3)cc2)c1. The van der Waals surface area contributed by atoms with Gasteiger partial charge in [-0.15, -0.1) is 18.3 Å². The Morgan fingerprint density at radius 3 is 2.50 bits per heavy atom. The topological polar surface area (TPSA) is 84.6 Å². The maximum Gasteiger partial charge on any atom is 0.573 e. The van der Waals surface area contributed by atoms with Crippen molar-refractivity contribution in [3.63, 3.8) is 0 Å². The summed E-state index contributed by atoms with van der Waals surface area (Å²) in [6, 6.07) is 19.1. The summed E-state index contributed by atoms with van der Waals surface area (Å²) < 4.78 is 43.7. The molecule has 1 aromatic heterocycles. The fraction of sp³-hybridized carbons (Fsp3) is 0.265. The van der Waals surface area contributed by atoms with Gasteiger partial charge in [0.25, 0.3) is 0 Å². The van der Waals surface area contributed by atoms with Gasteiger partial charge in [0, 0.05) is 11.6 Å². The highest BCUT2D eigenvalue weighted by molar-refractivity contribution is 9.11. The molecular formula is C34H32BrF3N6O2S2. The van der Waals surface area contributed by atoms with E-state index in [9.17, 15) is 18.0 Å². The number of carbonyl (C=O) groups is 1. The van der Waals surface area contributed by atoms with Crippen LogP contribution in [-0.2, 0) is 4.79 Å². The maximum absolute atomic E-state index is 12.9. The van der Waals surface area contributed by atoms with E-state index in [0.717, 1.165) is 32.4 Å². The van der Waals surface area contributed by atoms with Gasteiger partial charge < -0.3 is 10.1 Å². The van der Waals surface area contributed by atoms with Crippen LogP contribution in [0.2, 0.25) is 0 Å². The number of hydrogen-bond donors (Lipinski definition) is 1. The van der Waals surface area contributed by atoms with Gasteiger partial charge >= 0.3 is 6.36 Å². The zero-order valence-electron chi connectivity index (χ0n) is 26.5. The van der Waals surface area contributed by atoms with Crippen molar-refractivity contribution in [1.82, 2.24) is 20.1 Å². The van der Waals surface area contributed by atoms with Gasteiger partial charge in [-0.2, -0.15) is 4.99 Å². The molecular weight excluding hydrogens is 725 g/mol. The van der Waals surface area contributed by atoms with Crippen LogP contribution in [0.4, 0.5) is 18.9 Å². The molecule has 1 aliphatic heterocycles. The van der Waals surface area contributed by atoms with Crippen molar-refractivity contribution in [3.8, 4) is 22.8 Å². The Morgan fingerprint density at radius 1 is 1.12 bits per heavy atom. The lowest BCUT2D eigenvalue weighted by Crippen LogP contribution is -2.34. The molecule has 14 heteroatoms. The Kier molecular flexibility index (Phi) is 11.1. The highest BCUT2D eigenvalue weighted by Crippen LogP contribution is 2.34. The number of anilines is 1. The molecule has 1 saturated heterocycles. The number of thiocarbonyl (C=S) groups is 1. The minimum absolute atomic E-state index is 0.0175. The number of nitrogens with zero attached hydrogens (tertiary/aromatic N) is 5. The molecule has 48 heavy (non-hydrogen) atoms. The lowest BCUT2D eigenvalue weighted by atomic mass is 9.99. The third kappa shape index (κ3) is 9.11. The van der Waals surface area contributed by atoms with E-state index in [2.05, 4.69) is 67.0 Å². The van der Waals surface area contributed by atoms with Crippen molar-refractivity contribution in [2.75, 3.05) is 10.7 Å². The average molecular weight is 758 g/mol. The lowest BCUT2D eigenvalue weighted by molar-refractivity contribution is -0.274. The third-order valence-corrected chi connectivity index (χ3v) is 8.89. The first-order valence-electron chi connectivity index (χ1n) is 15.0. The predicted molar refractivity (Wildman–Crippen MR) is 193 cm³/mol. The number of benzene rings is 3. The van der Waals surface area contributed by atoms with Gasteiger partial charge in [-0.3, -0.25) is 9.69 Å². The van der Waals surface area contributed by atoms with Crippen LogP contribution >= 0.6 is 39.9 Å². The van der Waals surface area contributed by atoms with Gasteiger partial charge in [0.2, 0.25) is 5.91 Å². The van der Waals surface area contributed by atoms with E-state index in [1.165, 1.54) is 47.0 Å². The van der Waals surface area contributed by atoms with Gasteiger partial charge in [0.15, 0.2) is 16.1 Å². The van der Waals surface area contributed by atoms with E-state index in [0.29, 0.717) is 34.0 Å². The van der Waals surface area contributed by atoms with Crippen molar-refractivity contribution in [2.45, 2.75) is 52.4 Å². The van der Waals surface area contributed by atoms with Crippen molar-refractivity contribution < 1.29 is 22.7 Å². The number of amides is 1. The average Bonchev–Trinajstić information content (AvgIpc) is 3.63. The predicted octanol–water partition coefficient (Wildman–Crippen LogP) is 8.79. The molecule has 0 saturated carbocycles. The third-order valence-electron chi connectivity index (χ3n) is 7.20. The molecule has 1 amide bonds. The number of carbonyl (C=O) groups excluding carboxylic acids is 1. The summed E-state index contributed by atoms with van der Waals surface area (Å²) in [4.78, 5) is 23.6. The molecule has 5 rings (SSSR count). The molecule has 1 aliphatic rings. The van der Waals surface area contributed by atoms with E-state index in [-0.39, 0.29) is 23.6 Å². The molecule has 8 nitrogen and oxygen atoms in total. The number of amidine groups is 1. The number of thioether (sulfide) groups is 1. The first-order chi connectivity index (χ1) is 22.8. The quantitative estimate of drug-likeness (QED) is 0.171. The van der Waals surface area contributed by atoms with E-state index < -0.39 is 6.36 Å². The molecule has 1 atom stereocenters. The summed E-state index contributed by atoms with van der Waals surface area (Å²) >= 11 is 10.6. The van der Waals surface area contributed by atoms with Gasteiger partial charge in [-0.25, -0.2) is 9.67 Å². The van der Waals surface area contributed by atoms with Crippen LogP contribution in [-0.4, -0.2) is 49.1 Å². The summed E-state index contributed by atoms with van der Waals surface area (Å²) in [6.45, 7) is 8.22. The standard InChI is InChI=1S/C34H32BrF3N6O2S2/c1-20(2)28-14-5-21(3)15-29(28)44-30(45)18-48-33(44)41-32(47)40-22(4)16-25(35)17-23-6-8-24(9-7-23)31-39-19-43(42-31)26-10-12-27(13-11-26)46-34(36,37)38/h5-15,17,19-20,22H,16,18H2,1-4H3,(H,40,47)/b25-17+,41-33-. The number of aryl methyl sites for hydroxylation is 1. The highest BCUT2D eigenvalue weighted by atomic mass is 79.9. The zero-order chi connectivity index (χ0) is 34.6. The van der Waals surface area contributed by atoms with Crippen LogP contribution in [0.1, 0.15) is 49.8 Å². The van der Waals surface area contributed by atoms with Crippen LogP contribution in [0, 0.1) is 6.92 Å². The fourth-order valence-corrected chi connectivity index (χ4v) is 6.94. The largest absolute Gasteiger partial charge is 0.573 e. The molecule has 1 unspecified atom stereocenters. The van der Waals surface area contributed by atoms with Crippen LogP contribution in [0.3, 0.4) is 0 Å². The molecule has 0 spiro atoms. The van der Waals surface area contributed by atoms with E-state index >= 15 is 0 Å². The number of aromatic nitrogens is 3. The number of halogens is 4. The smallest absolute Gasteiger partial charge is 0.406 e. The minimum Gasteiger partial charge on any atom is -0.406 e. The normalized spacial score (nSPS) is 15.4. The Bertz CT molecular complexity index is 1860. The second kappa shape index (κ2) is 15.0. The summed E-state index contributed by atoms with van der Waals surface area (Å²) in [5.74, 6) is 0.693. The summed E-state index contributed by atoms with van der Waals surface area (Å²) in [7, 11) is 0. The van der Waals surface area contributed by atoms with Crippen LogP contribution < -0.4 is 15.0 Å². The number of nitrogens with one attached hydrogen (secondary N) is 1. The van der Waals surface area contributed by atoms with Gasteiger partial charge in [-0.1, -0.05) is 77.9 Å². The van der Waals surface area contributed by atoms with Crippen LogP contribution in [0.15, 0.2) is 82.5 Å². The fourth-order valence-electron chi connectivity index (χ4n) is 4.98. The zero-order valence-corrected chi connectivity index (χ0v) is 29.7. The number of hydrogen-bond acceptors (Lipinski definition) is 6. The van der Waals surface area contributed by atoms with Crippen molar-refractivity contribution in [2.24, 2.45) is 4.99 Å². The van der Waals surface area contributed by atoms with Crippen molar-refractivity contribution in [1.29, 1.82) is 0 Å². The summed E-state index contributed by atoms with van der Waals surface area (Å²) in [6.07, 6.45) is -0.615. The van der Waals surface area contributed by atoms with Crippen LogP contribution in [0.5, 0.6) is 5.75 Å². The van der Waals surface area contributed by atoms with Gasteiger partial charge in [0.05, 0.1) is 17.1 Å². The second-order valence-electron chi connectivity index (χ2n) is 11.5. The molecule has 1 fully saturated rings. The van der Waals surface area contributed by atoms with Crippen molar-refractivity contribution in [3.05, 3.63) is 94.2 Å². The van der Waals surface area contributed by atoms with Crippen LogP contribution in [0.25, 0.3) is 23.2 Å². The molecule has 4 aromatic rings. The van der Waals surface area contributed by atoms with Gasteiger partial charge in [-0.05, 0) is 96.0 Å². The summed E-state index contributed by atoms with van der Waals surface area (Å²) in [5.41, 5.74) is 5.27. The molecule has 0 aliphatic carbocycles.